The van der Waals surface area contributed by atoms with Gasteiger partial charge in [0, 0.05) is 12.2 Å². The number of esters is 1. The fourth-order valence-corrected chi connectivity index (χ4v) is 5.21. The maximum absolute atomic E-state index is 13.1. The predicted octanol–water partition coefficient (Wildman–Crippen LogP) is 4.38. The molecular formula is C27H40N4O8S. The summed E-state index contributed by atoms with van der Waals surface area (Å²) in [5, 5.41) is 4.26. The van der Waals surface area contributed by atoms with Crippen molar-refractivity contribution in [3.8, 4) is 0 Å². The summed E-state index contributed by atoms with van der Waals surface area (Å²) in [5.41, 5.74) is -0.404. The van der Waals surface area contributed by atoms with Gasteiger partial charge in [-0.2, -0.15) is 0 Å². The largest absolute Gasteiger partial charge is 0.463 e. The molecule has 12 nitrogen and oxygen atoms in total. The number of nitrogens with zero attached hydrogens (tertiary/aromatic N) is 1. The van der Waals surface area contributed by atoms with E-state index in [0.717, 1.165) is 0 Å². The lowest BCUT2D eigenvalue weighted by Gasteiger charge is -2.23. The number of nitrogens with one attached hydrogen (secondary N) is 3. The highest BCUT2D eigenvalue weighted by atomic mass is 32.2. The molecule has 1 aliphatic carbocycles. The van der Waals surface area contributed by atoms with Crippen LogP contribution in [-0.2, 0) is 35.6 Å². The number of benzene rings is 1. The van der Waals surface area contributed by atoms with Crippen LogP contribution in [0.4, 0.5) is 15.3 Å². The van der Waals surface area contributed by atoms with E-state index in [2.05, 4.69) is 20.3 Å². The van der Waals surface area contributed by atoms with Crippen LogP contribution >= 0.6 is 0 Å². The number of hydrogen-bond donors (Lipinski definition) is 3. The van der Waals surface area contributed by atoms with Crippen molar-refractivity contribution in [2.75, 3.05) is 11.3 Å². The smallest absolute Gasteiger partial charge is 0.437 e. The third kappa shape index (κ3) is 11.2. The molecule has 1 unspecified atom stereocenters. The van der Waals surface area contributed by atoms with E-state index in [1.54, 1.807) is 78.8 Å². The number of sulfonamides is 1. The van der Waals surface area contributed by atoms with E-state index in [1.807, 2.05) is 0 Å². The molecule has 1 atom stereocenters. The maximum atomic E-state index is 13.1. The first kappa shape index (κ1) is 32.6. The van der Waals surface area contributed by atoms with Gasteiger partial charge in [-0.3, -0.25) is 10.0 Å². The molecule has 1 aromatic carbocycles. The minimum atomic E-state index is -3.91. The summed E-state index contributed by atoms with van der Waals surface area (Å²) in [6.45, 7) is 12.1. The monoisotopic (exact) mass is 580 g/mol. The lowest BCUT2D eigenvalue weighted by Crippen LogP contribution is -2.44. The van der Waals surface area contributed by atoms with Gasteiger partial charge in [-0.25, -0.2) is 22.8 Å². The molecule has 1 aliphatic rings. The second-order valence-corrected chi connectivity index (χ2v) is 12.9. The Bertz CT molecular complexity index is 1230. The minimum Gasteiger partial charge on any atom is -0.463 e. The molecular weight excluding hydrogens is 540 g/mol. The topological polar surface area (TPSA) is 161 Å². The molecule has 0 saturated heterocycles. The van der Waals surface area contributed by atoms with Crippen molar-refractivity contribution in [1.29, 1.82) is 0 Å². The Morgan fingerprint density at radius 3 is 2.20 bits per heavy atom. The minimum absolute atomic E-state index is 0.128. The van der Waals surface area contributed by atoms with Crippen molar-refractivity contribution in [3.63, 3.8) is 0 Å². The Kier molecular flexibility index (Phi) is 11.1. The number of aliphatic imine (C=N–C) groups is 1. The third-order valence-electron chi connectivity index (χ3n) is 5.16. The summed E-state index contributed by atoms with van der Waals surface area (Å²) in [6.07, 6.45) is 1.47. The number of guanidine groups is 1. The van der Waals surface area contributed by atoms with Crippen LogP contribution in [0.25, 0.3) is 0 Å². The fraction of sp³-hybridized carbons (Fsp3) is 0.556. The molecule has 0 fully saturated rings. The van der Waals surface area contributed by atoms with E-state index in [4.69, 9.17) is 14.2 Å². The first-order valence-electron chi connectivity index (χ1n) is 13.0. The maximum Gasteiger partial charge on any atom is 0.437 e. The molecule has 2 rings (SSSR count). The molecule has 0 heterocycles. The number of carbonyl (C=O) groups is 3. The molecule has 2 amide bonds. The predicted molar refractivity (Wildman–Crippen MR) is 151 cm³/mol. The van der Waals surface area contributed by atoms with Gasteiger partial charge < -0.3 is 19.5 Å². The number of rotatable bonds is 7. The van der Waals surface area contributed by atoms with Crippen molar-refractivity contribution >= 4 is 39.8 Å². The van der Waals surface area contributed by atoms with Crippen molar-refractivity contribution < 1.29 is 37.0 Å². The van der Waals surface area contributed by atoms with Gasteiger partial charge in [0.1, 0.15) is 16.5 Å². The zero-order chi connectivity index (χ0) is 30.1. The lowest BCUT2D eigenvalue weighted by atomic mass is 9.99. The van der Waals surface area contributed by atoms with Crippen LogP contribution in [0.15, 0.2) is 40.9 Å². The average molecular weight is 581 g/mol. The van der Waals surface area contributed by atoms with E-state index >= 15 is 0 Å². The summed E-state index contributed by atoms with van der Waals surface area (Å²) in [4.78, 5) is 40.6. The van der Waals surface area contributed by atoms with Gasteiger partial charge in [0.25, 0.3) is 0 Å². The fourth-order valence-electron chi connectivity index (χ4n) is 3.60. The van der Waals surface area contributed by atoms with Gasteiger partial charge in [-0.15, -0.1) is 4.99 Å². The molecule has 13 heteroatoms. The highest BCUT2D eigenvalue weighted by molar-refractivity contribution is 7.93. The van der Waals surface area contributed by atoms with E-state index < -0.39 is 44.6 Å². The van der Waals surface area contributed by atoms with Crippen LogP contribution in [-0.4, -0.2) is 55.6 Å². The van der Waals surface area contributed by atoms with Gasteiger partial charge in [-0.05, 0) is 85.4 Å². The van der Waals surface area contributed by atoms with E-state index in [0.29, 0.717) is 30.5 Å². The Balaban J connectivity index is 2.11. The van der Waals surface area contributed by atoms with Crippen LogP contribution in [0.2, 0.25) is 0 Å². The molecule has 222 valence electrons. The molecule has 1 aromatic rings. The molecule has 0 spiro atoms. The summed E-state index contributed by atoms with van der Waals surface area (Å²) in [5.74, 6) is -0.799. The van der Waals surface area contributed by atoms with Crippen LogP contribution in [0.3, 0.4) is 0 Å². The Morgan fingerprint density at radius 1 is 1.00 bits per heavy atom. The standard InChI is InChI=1S/C27H40N4O8S/c1-8-37-22(32)20-11-9-10-12-21(20)40(35,36)31-19-15-13-18(14-16-19)17-28-23(29-24(33)38-26(2,3)4)30-25(34)39-27(5,6)7/h11,13-16,21,31H,8-10,12,17H2,1-7H3,(H2,28,29,30,33,34). The molecule has 0 bridgehead atoms. The number of amides is 2. The second-order valence-electron chi connectivity index (χ2n) is 11.1. The Hall–Kier alpha value is -3.61. The van der Waals surface area contributed by atoms with Crippen molar-refractivity contribution in [3.05, 3.63) is 41.5 Å². The van der Waals surface area contributed by atoms with Crippen molar-refractivity contribution in [2.45, 2.75) is 90.7 Å². The van der Waals surface area contributed by atoms with Gasteiger partial charge >= 0.3 is 18.2 Å². The van der Waals surface area contributed by atoms with Crippen molar-refractivity contribution in [2.24, 2.45) is 4.99 Å². The zero-order valence-electron chi connectivity index (χ0n) is 24.1. The van der Waals surface area contributed by atoms with Crippen LogP contribution in [0.5, 0.6) is 0 Å². The molecule has 0 aliphatic heterocycles. The van der Waals surface area contributed by atoms with Gasteiger partial charge in [0.2, 0.25) is 16.0 Å². The molecule has 3 N–H and O–H groups in total. The SMILES string of the molecule is CCOC(=O)C1=CCCCC1S(=O)(=O)Nc1ccc(CN/C(=N\C(=O)OC(C)(C)C)NC(=O)OC(C)(C)C)cc1. The number of allylic oxidation sites excluding steroid dienone is 1. The van der Waals surface area contributed by atoms with E-state index in [1.165, 1.54) is 0 Å². The lowest BCUT2D eigenvalue weighted by molar-refractivity contribution is -0.138. The first-order chi connectivity index (χ1) is 18.5. The molecule has 40 heavy (non-hydrogen) atoms. The number of alkyl carbamates (subject to hydrolysis) is 1. The van der Waals surface area contributed by atoms with E-state index in [9.17, 15) is 22.8 Å². The highest BCUT2D eigenvalue weighted by Crippen LogP contribution is 2.27. The number of anilines is 1. The third-order valence-corrected chi connectivity index (χ3v) is 6.92. The number of hydrogen-bond acceptors (Lipinski definition) is 8. The summed E-state index contributed by atoms with van der Waals surface area (Å²) in [7, 11) is -3.91. The molecule has 0 saturated carbocycles. The van der Waals surface area contributed by atoms with Crippen molar-refractivity contribution in [1.82, 2.24) is 10.6 Å². The quantitative estimate of drug-likeness (QED) is 0.184. The molecule has 0 radical (unpaired) electrons. The second kappa shape index (κ2) is 13.6. The number of ether oxygens (including phenoxy) is 3. The van der Waals surface area contributed by atoms with Crippen LogP contribution in [0, 0.1) is 0 Å². The summed E-state index contributed by atoms with van der Waals surface area (Å²) < 4.78 is 44.2. The highest BCUT2D eigenvalue weighted by Gasteiger charge is 2.35. The van der Waals surface area contributed by atoms with Crippen LogP contribution in [0.1, 0.15) is 73.3 Å². The number of carbonyl (C=O) groups excluding carboxylic acids is 3. The average Bonchev–Trinajstić information content (AvgIpc) is 2.81. The Morgan fingerprint density at radius 2 is 1.62 bits per heavy atom. The first-order valence-corrected chi connectivity index (χ1v) is 14.6. The van der Waals surface area contributed by atoms with E-state index in [-0.39, 0.29) is 24.7 Å². The van der Waals surface area contributed by atoms with Gasteiger partial charge in [0.15, 0.2) is 0 Å². The van der Waals surface area contributed by atoms with Gasteiger partial charge in [-0.1, -0.05) is 18.2 Å². The normalized spacial score (nSPS) is 16.3. The molecule has 0 aromatic heterocycles. The van der Waals surface area contributed by atoms with Gasteiger partial charge in [0.05, 0.1) is 12.2 Å². The van der Waals surface area contributed by atoms with Crippen LogP contribution < -0.4 is 15.4 Å². The summed E-state index contributed by atoms with van der Waals surface area (Å²) >= 11 is 0. The Labute approximate surface area is 236 Å². The summed E-state index contributed by atoms with van der Waals surface area (Å²) in [6, 6.07) is 6.45. The zero-order valence-corrected chi connectivity index (χ0v) is 24.9.